The van der Waals surface area contributed by atoms with Gasteiger partial charge in [-0.25, -0.2) is 0 Å². The Bertz CT molecular complexity index is 517. The van der Waals surface area contributed by atoms with Gasteiger partial charge in [0.25, 0.3) is 0 Å². The highest BCUT2D eigenvalue weighted by Gasteiger charge is 2.20. The second kappa shape index (κ2) is 3.84. The van der Waals surface area contributed by atoms with Crippen LogP contribution >= 0.6 is 0 Å². The molecule has 1 N–H and O–H groups in total. The van der Waals surface area contributed by atoms with Gasteiger partial charge in [-0.05, 0) is 29.3 Å². The summed E-state index contributed by atoms with van der Waals surface area (Å²) in [5.74, 6) is 0.923. The molecule has 2 aliphatic rings. The molecule has 0 unspecified atom stereocenters. The Morgan fingerprint density at radius 3 is 3.06 bits per heavy atom. The van der Waals surface area contributed by atoms with E-state index < -0.39 is 0 Å². The molecule has 2 aliphatic heterocycles. The van der Waals surface area contributed by atoms with Gasteiger partial charge in [0.2, 0.25) is 0 Å². The summed E-state index contributed by atoms with van der Waals surface area (Å²) in [6.07, 6.45) is 5.44. The minimum atomic E-state index is 0.923. The molecule has 2 heterocycles. The molecule has 17 heavy (non-hydrogen) atoms. The van der Waals surface area contributed by atoms with Crippen LogP contribution in [0.5, 0.6) is 5.75 Å². The van der Waals surface area contributed by atoms with Gasteiger partial charge < -0.3 is 15.0 Å². The first-order valence-electron chi connectivity index (χ1n) is 5.81. The van der Waals surface area contributed by atoms with Gasteiger partial charge in [-0.2, -0.15) is 0 Å². The summed E-state index contributed by atoms with van der Waals surface area (Å²) in [7, 11) is 3.80. The lowest BCUT2D eigenvalue weighted by Crippen LogP contribution is -2.23. The molecule has 88 valence electrons. The van der Waals surface area contributed by atoms with Gasteiger partial charge >= 0.3 is 0 Å². The molecule has 3 rings (SSSR count). The molecule has 3 nitrogen and oxygen atoms in total. The number of fused-ring (bicyclic) bond motifs is 2. The normalized spacial score (nSPS) is 17.4. The number of hydrogen-bond acceptors (Lipinski definition) is 3. The highest BCUT2D eigenvalue weighted by molar-refractivity contribution is 5.66. The fourth-order valence-electron chi connectivity index (χ4n) is 2.32. The standard InChI is InChI=1S/C14H16N2O/c1-16-6-5-10-7-11-8-12(17-2)3-4-13(11)15-14(10)9-16/h3-5,8-9,15H,6-7H2,1-2H3. The predicted molar refractivity (Wildman–Crippen MR) is 69.1 cm³/mol. The van der Waals surface area contributed by atoms with E-state index in [0.29, 0.717) is 0 Å². The Morgan fingerprint density at radius 2 is 2.24 bits per heavy atom. The highest BCUT2D eigenvalue weighted by Crippen LogP contribution is 2.33. The zero-order valence-corrected chi connectivity index (χ0v) is 10.2. The van der Waals surface area contributed by atoms with Crippen LogP contribution in [0.25, 0.3) is 0 Å². The lowest BCUT2D eigenvalue weighted by Gasteiger charge is -2.29. The molecule has 0 saturated heterocycles. The van der Waals surface area contributed by atoms with Crippen LogP contribution in [-0.2, 0) is 6.42 Å². The van der Waals surface area contributed by atoms with Gasteiger partial charge in [0.15, 0.2) is 0 Å². The van der Waals surface area contributed by atoms with E-state index in [1.165, 1.54) is 22.5 Å². The van der Waals surface area contributed by atoms with Crippen LogP contribution in [0, 0.1) is 0 Å². The largest absolute Gasteiger partial charge is 0.497 e. The average molecular weight is 228 g/mol. The summed E-state index contributed by atoms with van der Waals surface area (Å²) >= 11 is 0. The maximum absolute atomic E-state index is 5.26. The second-order valence-corrected chi connectivity index (χ2v) is 4.54. The van der Waals surface area contributed by atoms with E-state index in [1.807, 2.05) is 6.07 Å². The maximum Gasteiger partial charge on any atom is 0.119 e. The molecular formula is C14H16N2O. The molecule has 1 aromatic carbocycles. The van der Waals surface area contributed by atoms with E-state index in [2.05, 4.69) is 41.7 Å². The molecule has 0 atom stereocenters. The summed E-state index contributed by atoms with van der Waals surface area (Å²) in [6.45, 7) is 0.986. The van der Waals surface area contributed by atoms with Gasteiger partial charge in [-0.3, -0.25) is 0 Å². The maximum atomic E-state index is 5.26. The quantitative estimate of drug-likeness (QED) is 0.798. The molecule has 0 amide bonds. The van der Waals surface area contributed by atoms with Crippen LogP contribution in [0.15, 0.2) is 41.7 Å². The van der Waals surface area contributed by atoms with E-state index in [-0.39, 0.29) is 0 Å². The zero-order valence-electron chi connectivity index (χ0n) is 10.2. The first kappa shape index (κ1) is 10.3. The molecule has 0 bridgehead atoms. The summed E-state index contributed by atoms with van der Waals surface area (Å²) < 4.78 is 5.26. The van der Waals surface area contributed by atoms with Crippen LogP contribution in [0.1, 0.15) is 5.56 Å². The van der Waals surface area contributed by atoms with Crippen molar-refractivity contribution in [3.8, 4) is 5.75 Å². The van der Waals surface area contributed by atoms with Gasteiger partial charge in [0.1, 0.15) is 5.75 Å². The first-order valence-corrected chi connectivity index (χ1v) is 5.81. The Kier molecular flexibility index (Phi) is 2.32. The smallest absolute Gasteiger partial charge is 0.119 e. The topological polar surface area (TPSA) is 24.5 Å². The van der Waals surface area contributed by atoms with Gasteiger partial charge in [-0.15, -0.1) is 0 Å². The third-order valence-electron chi connectivity index (χ3n) is 3.28. The van der Waals surface area contributed by atoms with E-state index >= 15 is 0 Å². The molecule has 0 radical (unpaired) electrons. The van der Waals surface area contributed by atoms with Crippen LogP contribution in [-0.4, -0.2) is 25.6 Å². The molecule has 0 spiro atoms. The summed E-state index contributed by atoms with van der Waals surface area (Å²) in [5.41, 5.74) is 5.09. The van der Waals surface area contributed by atoms with Gasteiger partial charge in [0, 0.05) is 31.9 Å². The number of likely N-dealkylation sites (N-methyl/N-ethyl adjacent to an activating group) is 1. The van der Waals surface area contributed by atoms with Crippen molar-refractivity contribution in [2.45, 2.75) is 6.42 Å². The lowest BCUT2D eigenvalue weighted by atomic mass is 9.94. The molecule has 1 aromatic rings. The number of nitrogens with one attached hydrogen (secondary N) is 1. The van der Waals surface area contributed by atoms with Gasteiger partial charge in [-0.1, -0.05) is 6.08 Å². The second-order valence-electron chi connectivity index (χ2n) is 4.54. The van der Waals surface area contributed by atoms with Crippen LogP contribution < -0.4 is 10.1 Å². The van der Waals surface area contributed by atoms with Crippen molar-refractivity contribution in [1.82, 2.24) is 4.90 Å². The minimum absolute atomic E-state index is 0.923. The van der Waals surface area contributed by atoms with Crippen LogP contribution in [0.3, 0.4) is 0 Å². The fourth-order valence-corrected chi connectivity index (χ4v) is 2.32. The minimum Gasteiger partial charge on any atom is -0.497 e. The summed E-state index contributed by atoms with van der Waals surface area (Å²) in [5, 5.41) is 3.48. The molecule has 0 aromatic heterocycles. The number of anilines is 1. The van der Waals surface area contributed by atoms with Crippen molar-refractivity contribution in [3.05, 3.63) is 47.3 Å². The van der Waals surface area contributed by atoms with E-state index in [0.717, 1.165) is 18.7 Å². The predicted octanol–water partition coefficient (Wildman–Crippen LogP) is 2.38. The number of ether oxygens (including phenoxy) is 1. The van der Waals surface area contributed by atoms with E-state index in [4.69, 9.17) is 4.74 Å². The molecule has 0 fully saturated rings. The number of allylic oxidation sites excluding steroid dienone is 1. The monoisotopic (exact) mass is 228 g/mol. The van der Waals surface area contributed by atoms with Crippen molar-refractivity contribution in [1.29, 1.82) is 0 Å². The van der Waals surface area contributed by atoms with Crippen molar-refractivity contribution >= 4 is 5.69 Å². The average Bonchev–Trinajstić information content (AvgIpc) is 2.35. The Balaban J connectivity index is 2.00. The Hall–Kier alpha value is -1.90. The Morgan fingerprint density at radius 1 is 1.35 bits per heavy atom. The number of benzene rings is 1. The molecular weight excluding hydrogens is 212 g/mol. The highest BCUT2D eigenvalue weighted by atomic mass is 16.5. The van der Waals surface area contributed by atoms with Crippen molar-refractivity contribution < 1.29 is 4.74 Å². The van der Waals surface area contributed by atoms with E-state index in [9.17, 15) is 0 Å². The molecule has 3 heteroatoms. The zero-order chi connectivity index (χ0) is 11.8. The summed E-state index contributed by atoms with van der Waals surface area (Å²) in [6, 6.07) is 6.19. The number of hydrogen-bond donors (Lipinski definition) is 1. The first-order chi connectivity index (χ1) is 8.26. The lowest BCUT2D eigenvalue weighted by molar-refractivity contribution is 0.414. The van der Waals surface area contributed by atoms with Crippen molar-refractivity contribution in [2.75, 3.05) is 26.0 Å². The third kappa shape index (κ3) is 1.78. The number of rotatable bonds is 1. The Labute approximate surface area is 101 Å². The molecule has 0 aliphatic carbocycles. The summed E-state index contributed by atoms with van der Waals surface area (Å²) in [4.78, 5) is 2.18. The van der Waals surface area contributed by atoms with Crippen molar-refractivity contribution in [3.63, 3.8) is 0 Å². The van der Waals surface area contributed by atoms with Crippen LogP contribution in [0.2, 0.25) is 0 Å². The SMILES string of the molecule is COc1ccc2c(c1)CC1=CCN(C)C=C1N2. The van der Waals surface area contributed by atoms with E-state index in [1.54, 1.807) is 7.11 Å². The third-order valence-corrected chi connectivity index (χ3v) is 3.28. The fraction of sp³-hybridized carbons (Fsp3) is 0.286. The number of methoxy groups -OCH3 is 1. The number of nitrogens with zero attached hydrogens (tertiary/aromatic N) is 1. The van der Waals surface area contributed by atoms with Gasteiger partial charge in [0.05, 0.1) is 12.8 Å². The molecule has 0 saturated carbocycles. The van der Waals surface area contributed by atoms with Crippen molar-refractivity contribution in [2.24, 2.45) is 0 Å². The van der Waals surface area contributed by atoms with Crippen LogP contribution in [0.4, 0.5) is 5.69 Å².